The van der Waals surface area contributed by atoms with Crippen LogP contribution >= 0.6 is 15.9 Å². The van der Waals surface area contributed by atoms with Crippen molar-refractivity contribution in [1.29, 1.82) is 0 Å². The lowest BCUT2D eigenvalue weighted by Crippen LogP contribution is -2.48. The van der Waals surface area contributed by atoms with Gasteiger partial charge in [-0.3, -0.25) is 9.69 Å². The van der Waals surface area contributed by atoms with Crippen LogP contribution in [0.2, 0.25) is 0 Å². The molecule has 1 saturated heterocycles. The maximum absolute atomic E-state index is 11.5. The Morgan fingerprint density at radius 1 is 1.38 bits per heavy atom. The van der Waals surface area contributed by atoms with E-state index >= 15 is 0 Å². The monoisotopic (exact) mass is 286 g/mol. The molecule has 0 saturated carbocycles. The molecular weight excluding hydrogens is 272 g/mol. The molecule has 1 fully saturated rings. The van der Waals surface area contributed by atoms with E-state index in [0.29, 0.717) is 5.82 Å². The molecule has 1 aromatic heterocycles. The summed E-state index contributed by atoms with van der Waals surface area (Å²) in [5.41, 5.74) is -0.101. The van der Waals surface area contributed by atoms with Gasteiger partial charge in [0.05, 0.1) is 0 Å². The highest BCUT2D eigenvalue weighted by Crippen LogP contribution is 2.07. The minimum absolute atomic E-state index is 0.101. The van der Waals surface area contributed by atoms with Crippen LogP contribution in [0.15, 0.2) is 17.2 Å². The van der Waals surface area contributed by atoms with Gasteiger partial charge in [0.25, 0.3) is 5.56 Å². The standard InChI is InChI=1S/C10H15BrN4O/c11-1-4-14-5-7-15(8-6-14)9-10(16)13-3-2-12-9/h2-3H,1,4-8H2,(H,13,16). The zero-order valence-corrected chi connectivity index (χ0v) is 10.6. The number of aromatic amines is 1. The predicted octanol–water partition coefficient (Wildman–Crippen LogP) is 0.287. The van der Waals surface area contributed by atoms with Crippen molar-refractivity contribution >= 4 is 21.7 Å². The average Bonchev–Trinajstić information content (AvgIpc) is 2.31. The number of anilines is 1. The van der Waals surface area contributed by atoms with E-state index in [2.05, 4.69) is 30.8 Å². The van der Waals surface area contributed by atoms with Gasteiger partial charge in [-0.25, -0.2) is 4.98 Å². The number of aromatic nitrogens is 2. The van der Waals surface area contributed by atoms with Crippen molar-refractivity contribution in [3.05, 3.63) is 22.7 Å². The minimum atomic E-state index is -0.101. The van der Waals surface area contributed by atoms with Gasteiger partial charge in [-0.1, -0.05) is 15.9 Å². The van der Waals surface area contributed by atoms with Crippen molar-refractivity contribution in [2.75, 3.05) is 43.0 Å². The first-order valence-electron chi connectivity index (χ1n) is 5.38. The van der Waals surface area contributed by atoms with Crippen molar-refractivity contribution in [3.8, 4) is 0 Å². The number of rotatable bonds is 3. The molecule has 0 atom stereocenters. The first kappa shape index (κ1) is 11.6. The van der Waals surface area contributed by atoms with Gasteiger partial charge in [0.15, 0.2) is 5.82 Å². The maximum Gasteiger partial charge on any atom is 0.290 e. The molecule has 0 bridgehead atoms. The van der Waals surface area contributed by atoms with Crippen molar-refractivity contribution in [3.63, 3.8) is 0 Å². The summed E-state index contributed by atoms with van der Waals surface area (Å²) in [4.78, 5) is 22.7. The number of piperazine rings is 1. The Bertz CT molecular complexity index is 386. The molecule has 2 heterocycles. The molecule has 0 unspecified atom stereocenters. The quantitative estimate of drug-likeness (QED) is 0.812. The number of nitrogens with zero attached hydrogens (tertiary/aromatic N) is 3. The van der Waals surface area contributed by atoms with Crippen LogP contribution in [0.1, 0.15) is 0 Å². The van der Waals surface area contributed by atoms with Gasteiger partial charge in [-0.2, -0.15) is 0 Å². The van der Waals surface area contributed by atoms with E-state index in [9.17, 15) is 4.79 Å². The molecule has 88 valence electrons. The van der Waals surface area contributed by atoms with Crippen molar-refractivity contribution in [2.45, 2.75) is 0 Å². The number of alkyl halides is 1. The second kappa shape index (κ2) is 5.45. The van der Waals surface area contributed by atoms with E-state index in [4.69, 9.17) is 0 Å². The van der Waals surface area contributed by atoms with Crippen molar-refractivity contribution < 1.29 is 0 Å². The fourth-order valence-corrected chi connectivity index (χ4v) is 2.37. The molecule has 1 aliphatic heterocycles. The normalized spacial score (nSPS) is 17.7. The number of nitrogens with one attached hydrogen (secondary N) is 1. The molecule has 0 aromatic carbocycles. The molecular formula is C10H15BrN4O. The molecule has 0 aliphatic carbocycles. The smallest absolute Gasteiger partial charge is 0.290 e. The molecule has 0 spiro atoms. The summed E-state index contributed by atoms with van der Waals surface area (Å²) in [7, 11) is 0. The minimum Gasteiger partial charge on any atom is -0.349 e. The van der Waals surface area contributed by atoms with Gasteiger partial charge in [0.2, 0.25) is 0 Å². The molecule has 5 nitrogen and oxygen atoms in total. The zero-order chi connectivity index (χ0) is 11.4. The Morgan fingerprint density at radius 3 is 2.75 bits per heavy atom. The van der Waals surface area contributed by atoms with Gasteiger partial charge in [0, 0.05) is 50.4 Å². The fraction of sp³-hybridized carbons (Fsp3) is 0.600. The molecule has 6 heteroatoms. The molecule has 1 aliphatic rings. The van der Waals surface area contributed by atoms with Crippen LogP contribution in [0, 0.1) is 0 Å². The first-order chi connectivity index (χ1) is 7.81. The third kappa shape index (κ3) is 2.62. The number of hydrogen-bond acceptors (Lipinski definition) is 4. The highest BCUT2D eigenvalue weighted by atomic mass is 79.9. The highest BCUT2D eigenvalue weighted by Gasteiger charge is 2.18. The van der Waals surface area contributed by atoms with Gasteiger partial charge in [-0.15, -0.1) is 0 Å². The third-order valence-electron chi connectivity index (χ3n) is 2.76. The Morgan fingerprint density at radius 2 is 2.12 bits per heavy atom. The van der Waals surface area contributed by atoms with Crippen LogP contribution < -0.4 is 10.5 Å². The summed E-state index contributed by atoms with van der Waals surface area (Å²) in [6.07, 6.45) is 3.19. The van der Waals surface area contributed by atoms with E-state index in [-0.39, 0.29) is 5.56 Å². The van der Waals surface area contributed by atoms with E-state index in [1.807, 2.05) is 4.90 Å². The second-order valence-electron chi connectivity index (χ2n) is 3.76. The topological polar surface area (TPSA) is 52.2 Å². The summed E-state index contributed by atoms with van der Waals surface area (Å²) in [5.74, 6) is 0.543. The lowest BCUT2D eigenvalue weighted by atomic mass is 10.3. The Labute approximate surface area is 103 Å². The van der Waals surface area contributed by atoms with E-state index in [1.165, 1.54) is 0 Å². The lowest BCUT2D eigenvalue weighted by molar-refractivity contribution is 0.273. The summed E-state index contributed by atoms with van der Waals surface area (Å²) in [6.45, 7) is 4.77. The van der Waals surface area contributed by atoms with E-state index in [0.717, 1.165) is 38.1 Å². The first-order valence-corrected chi connectivity index (χ1v) is 6.50. The molecule has 1 N–H and O–H groups in total. The van der Waals surface area contributed by atoms with Crippen LogP contribution in [0.5, 0.6) is 0 Å². The largest absolute Gasteiger partial charge is 0.349 e. The lowest BCUT2D eigenvalue weighted by Gasteiger charge is -2.34. The van der Waals surface area contributed by atoms with Crippen LogP contribution in [0.3, 0.4) is 0 Å². The Hall–Kier alpha value is -0.880. The number of H-pyrrole nitrogens is 1. The number of halogens is 1. The van der Waals surface area contributed by atoms with E-state index < -0.39 is 0 Å². The molecule has 2 rings (SSSR count). The molecule has 0 amide bonds. The average molecular weight is 287 g/mol. The summed E-state index contributed by atoms with van der Waals surface area (Å²) in [6, 6.07) is 0. The van der Waals surface area contributed by atoms with Crippen LogP contribution in [0.25, 0.3) is 0 Å². The maximum atomic E-state index is 11.5. The summed E-state index contributed by atoms with van der Waals surface area (Å²) < 4.78 is 0. The summed E-state index contributed by atoms with van der Waals surface area (Å²) in [5, 5.41) is 0.997. The fourth-order valence-electron chi connectivity index (χ4n) is 1.87. The van der Waals surface area contributed by atoms with Crippen LogP contribution in [0.4, 0.5) is 5.82 Å². The van der Waals surface area contributed by atoms with Gasteiger partial charge < -0.3 is 9.88 Å². The van der Waals surface area contributed by atoms with Crippen molar-refractivity contribution in [2.24, 2.45) is 0 Å². The SMILES string of the molecule is O=c1[nH]ccnc1N1CCN(CCBr)CC1. The Balaban J connectivity index is 1.99. The molecule has 1 aromatic rings. The number of hydrogen-bond donors (Lipinski definition) is 1. The third-order valence-corrected chi connectivity index (χ3v) is 3.12. The van der Waals surface area contributed by atoms with Gasteiger partial charge in [0.1, 0.15) is 0 Å². The zero-order valence-electron chi connectivity index (χ0n) is 9.03. The summed E-state index contributed by atoms with van der Waals surface area (Å²) >= 11 is 3.43. The van der Waals surface area contributed by atoms with Crippen LogP contribution in [-0.2, 0) is 0 Å². The Kier molecular flexibility index (Phi) is 3.95. The van der Waals surface area contributed by atoms with Gasteiger partial charge >= 0.3 is 0 Å². The van der Waals surface area contributed by atoms with Gasteiger partial charge in [-0.05, 0) is 0 Å². The van der Waals surface area contributed by atoms with E-state index in [1.54, 1.807) is 12.4 Å². The van der Waals surface area contributed by atoms with Crippen LogP contribution in [-0.4, -0.2) is 52.9 Å². The second-order valence-corrected chi connectivity index (χ2v) is 4.55. The molecule has 0 radical (unpaired) electrons. The predicted molar refractivity (Wildman–Crippen MR) is 67.3 cm³/mol. The van der Waals surface area contributed by atoms with Crippen molar-refractivity contribution in [1.82, 2.24) is 14.9 Å². The molecule has 16 heavy (non-hydrogen) atoms. The highest BCUT2D eigenvalue weighted by molar-refractivity contribution is 9.09.